The highest BCUT2D eigenvalue weighted by atomic mass is 16.5. The van der Waals surface area contributed by atoms with Gasteiger partial charge in [-0.05, 0) is 12.0 Å². The summed E-state index contributed by atoms with van der Waals surface area (Å²) in [7, 11) is 1.49. The van der Waals surface area contributed by atoms with E-state index in [9.17, 15) is 4.79 Å². The average molecular weight is 354 g/mol. The fraction of sp³-hybridized carbons (Fsp3) is 0.333. The number of fused-ring (bicyclic) bond motifs is 1. The Morgan fingerprint density at radius 2 is 2.04 bits per heavy atom. The second-order valence-corrected chi connectivity index (χ2v) is 5.77. The number of amides is 1. The number of nitrogens with zero attached hydrogens (tertiary/aromatic N) is 4. The Morgan fingerprint density at radius 3 is 2.85 bits per heavy atom. The number of anilines is 1. The Hall–Kier alpha value is -3.00. The molecule has 0 saturated carbocycles. The smallest absolute Gasteiger partial charge is 0.246 e. The number of carbonyl (C=O) groups is 1. The Balaban J connectivity index is 1.60. The predicted octanol–water partition coefficient (Wildman–Crippen LogP) is 1.24. The van der Waals surface area contributed by atoms with Crippen molar-refractivity contribution < 1.29 is 9.53 Å². The lowest BCUT2D eigenvalue weighted by molar-refractivity contribution is -0.124. The van der Waals surface area contributed by atoms with Gasteiger partial charge in [-0.2, -0.15) is 5.10 Å². The molecule has 0 spiro atoms. The first-order valence-electron chi connectivity index (χ1n) is 8.48. The number of hydrogen-bond donors (Lipinski definition) is 2. The Bertz CT molecular complexity index is 849. The number of nitrogens with one attached hydrogen (secondary N) is 2. The van der Waals surface area contributed by atoms with Crippen LogP contribution in [-0.4, -0.2) is 52.5 Å². The third-order valence-corrected chi connectivity index (χ3v) is 3.90. The van der Waals surface area contributed by atoms with Crippen LogP contribution in [0.1, 0.15) is 5.56 Å². The molecule has 0 aliphatic rings. The third kappa shape index (κ3) is 4.54. The van der Waals surface area contributed by atoms with Crippen LogP contribution in [0.4, 0.5) is 5.82 Å². The van der Waals surface area contributed by atoms with Crippen molar-refractivity contribution in [2.45, 2.75) is 13.0 Å². The van der Waals surface area contributed by atoms with Crippen molar-refractivity contribution in [3.8, 4) is 0 Å². The van der Waals surface area contributed by atoms with Crippen LogP contribution >= 0.6 is 0 Å². The maximum atomic E-state index is 11.4. The lowest BCUT2D eigenvalue weighted by Gasteiger charge is -2.07. The molecule has 0 bridgehead atoms. The summed E-state index contributed by atoms with van der Waals surface area (Å²) in [6.45, 7) is 1.81. The minimum Gasteiger partial charge on any atom is -0.375 e. The van der Waals surface area contributed by atoms with Crippen molar-refractivity contribution in [2.75, 3.05) is 32.1 Å². The summed E-state index contributed by atoms with van der Waals surface area (Å²) >= 11 is 0. The minimum absolute atomic E-state index is 0.0531. The van der Waals surface area contributed by atoms with E-state index in [0.29, 0.717) is 13.1 Å². The molecular formula is C18H22N6O2. The Morgan fingerprint density at radius 1 is 1.19 bits per heavy atom. The summed E-state index contributed by atoms with van der Waals surface area (Å²) in [4.78, 5) is 20.1. The SMILES string of the molecule is COCC(=O)NCCn1ncc2c(NCCc3ccccc3)ncnc21. The number of aromatic nitrogens is 4. The highest BCUT2D eigenvalue weighted by Gasteiger charge is 2.09. The Labute approximate surface area is 151 Å². The van der Waals surface area contributed by atoms with E-state index in [-0.39, 0.29) is 12.5 Å². The first kappa shape index (κ1) is 17.8. The molecule has 2 heterocycles. The minimum atomic E-state index is -0.151. The van der Waals surface area contributed by atoms with Crippen LogP contribution in [0.2, 0.25) is 0 Å². The van der Waals surface area contributed by atoms with Gasteiger partial charge in [0.05, 0.1) is 18.1 Å². The molecular weight excluding hydrogens is 332 g/mol. The molecule has 0 unspecified atom stereocenters. The zero-order valence-corrected chi connectivity index (χ0v) is 14.7. The molecule has 136 valence electrons. The van der Waals surface area contributed by atoms with Gasteiger partial charge in [-0.3, -0.25) is 4.79 Å². The van der Waals surface area contributed by atoms with E-state index in [2.05, 4.69) is 37.8 Å². The van der Waals surface area contributed by atoms with Gasteiger partial charge in [0.1, 0.15) is 18.8 Å². The van der Waals surface area contributed by atoms with E-state index in [4.69, 9.17) is 4.74 Å². The zero-order chi connectivity index (χ0) is 18.2. The van der Waals surface area contributed by atoms with Gasteiger partial charge in [-0.1, -0.05) is 30.3 Å². The first-order chi connectivity index (χ1) is 12.8. The van der Waals surface area contributed by atoms with Crippen LogP contribution in [0.15, 0.2) is 42.9 Å². The van der Waals surface area contributed by atoms with E-state index < -0.39 is 0 Å². The van der Waals surface area contributed by atoms with Gasteiger partial charge in [0.2, 0.25) is 5.91 Å². The number of rotatable bonds is 9. The summed E-state index contributed by atoms with van der Waals surface area (Å²) in [6, 6.07) is 10.3. The van der Waals surface area contributed by atoms with E-state index in [1.807, 2.05) is 18.2 Å². The van der Waals surface area contributed by atoms with Crippen LogP contribution in [0.5, 0.6) is 0 Å². The fourth-order valence-corrected chi connectivity index (χ4v) is 2.65. The van der Waals surface area contributed by atoms with Gasteiger partial charge in [0.15, 0.2) is 5.65 Å². The monoisotopic (exact) mass is 354 g/mol. The molecule has 0 aliphatic heterocycles. The first-order valence-corrected chi connectivity index (χ1v) is 8.48. The quantitative estimate of drug-likeness (QED) is 0.600. The van der Waals surface area contributed by atoms with E-state index in [1.54, 1.807) is 10.9 Å². The van der Waals surface area contributed by atoms with Crippen molar-refractivity contribution in [3.05, 3.63) is 48.4 Å². The highest BCUT2D eigenvalue weighted by molar-refractivity contribution is 5.86. The largest absolute Gasteiger partial charge is 0.375 e. The summed E-state index contributed by atoms with van der Waals surface area (Å²) in [5.74, 6) is 0.613. The molecule has 8 nitrogen and oxygen atoms in total. The lowest BCUT2D eigenvalue weighted by Crippen LogP contribution is -2.30. The maximum Gasteiger partial charge on any atom is 0.246 e. The number of benzene rings is 1. The number of carbonyl (C=O) groups excluding carboxylic acids is 1. The van der Waals surface area contributed by atoms with Gasteiger partial charge < -0.3 is 15.4 Å². The second kappa shape index (κ2) is 8.91. The third-order valence-electron chi connectivity index (χ3n) is 3.90. The summed E-state index contributed by atoms with van der Waals surface area (Å²) < 4.78 is 6.54. The standard InChI is InChI=1S/C18H22N6O2/c1-26-12-16(25)19-9-10-24-18-15(11-23-24)17(21-13-22-18)20-8-7-14-5-3-2-4-6-14/h2-6,11,13H,7-10,12H2,1H3,(H,19,25)(H,20,21,22). The van der Waals surface area contributed by atoms with Crippen molar-refractivity contribution in [3.63, 3.8) is 0 Å². The molecule has 2 N–H and O–H groups in total. The molecule has 0 radical (unpaired) electrons. The highest BCUT2D eigenvalue weighted by Crippen LogP contribution is 2.18. The van der Waals surface area contributed by atoms with Crippen molar-refractivity contribution in [1.82, 2.24) is 25.1 Å². The summed E-state index contributed by atoms with van der Waals surface area (Å²) in [5.41, 5.74) is 2.01. The van der Waals surface area contributed by atoms with Gasteiger partial charge in [-0.15, -0.1) is 0 Å². The molecule has 1 aromatic carbocycles. The molecule has 0 fully saturated rings. The topological polar surface area (TPSA) is 94.0 Å². The average Bonchev–Trinajstić information content (AvgIpc) is 3.07. The van der Waals surface area contributed by atoms with Crippen LogP contribution in [-0.2, 0) is 22.5 Å². The van der Waals surface area contributed by atoms with Crippen LogP contribution in [0, 0.1) is 0 Å². The van der Waals surface area contributed by atoms with E-state index in [0.717, 1.165) is 29.8 Å². The second-order valence-electron chi connectivity index (χ2n) is 5.77. The molecule has 1 amide bonds. The van der Waals surface area contributed by atoms with E-state index in [1.165, 1.54) is 19.0 Å². The van der Waals surface area contributed by atoms with Crippen LogP contribution in [0.25, 0.3) is 11.0 Å². The zero-order valence-electron chi connectivity index (χ0n) is 14.7. The fourth-order valence-electron chi connectivity index (χ4n) is 2.65. The van der Waals surface area contributed by atoms with Gasteiger partial charge in [-0.25, -0.2) is 14.6 Å². The molecule has 3 aromatic rings. The molecule has 0 saturated heterocycles. The predicted molar refractivity (Wildman–Crippen MR) is 98.8 cm³/mol. The summed E-state index contributed by atoms with van der Waals surface area (Å²) in [6.07, 6.45) is 4.18. The molecule has 3 rings (SSSR count). The molecule has 0 aliphatic carbocycles. The Kier molecular flexibility index (Phi) is 6.10. The van der Waals surface area contributed by atoms with Crippen molar-refractivity contribution in [1.29, 1.82) is 0 Å². The van der Waals surface area contributed by atoms with Crippen molar-refractivity contribution >= 4 is 22.8 Å². The maximum absolute atomic E-state index is 11.4. The van der Waals surface area contributed by atoms with Crippen LogP contribution < -0.4 is 10.6 Å². The lowest BCUT2D eigenvalue weighted by atomic mass is 10.1. The van der Waals surface area contributed by atoms with E-state index >= 15 is 0 Å². The number of methoxy groups -OCH3 is 1. The molecule has 8 heteroatoms. The normalized spacial score (nSPS) is 10.8. The van der Waals surface area contributed by atoms with Gasteiger partial charge in [0, 0.05) is 20.2 Å². The molecule has 2 aromatic heterocycles. The number of ether oxygens (including phenoxy) is 1. The van der Waals surface area contributed by atoms with Gasteiger partial charge >= 0.3 is 0 Å². The molecule has 0 atom stereocenters. The van der Waals surface area contributed by atoms with Gasteiger partial charge in [0.25, 0.3) is 0 Å². The molecule has 26 heavy (non-hydrogen) atoms. The summed E-state index contributed by atoms with van der Waals surface area (Å²) in [5, 5.41) is 11.3. The number of hydrogen-bond acceptors (Lipinski definition) is 6. The van der Waals surface area contributed by atoms with Crippen molar-refractivity contribution in [2.24, 2.45) is 0 Å². The van der Waals surface area contributed by atoms with Crippen LogP contribution in [0.3, 0.4) is 0 Å².